The number of aryl methyl sites for hydroxylation is 1. The van der Waals surface area contributed by atoms with Gasteiger partial charge in [0, 0.05) is 34.1 Å². The Morgan fingerprint density at radius 2 is 1.58 bits per heavy atom. The lowest BCUT2D eigenvalue weighted by molar-refractivity contribution is 0.103. The van der Waals surface area contributed by atoms with Gasteiger partial charge in [-0.15, -0.1) is 0 Å². The van der Waals surface area contributed by atoms with Gasteiger partial charge in [-0.2, -0.15) is 0 Å². The molecule has 0 unspecified atom stereocenters. The fourth-order valence-corrected chi connectivity index (χ4v) is 4.59. The monoisotopic (exact) mass is 479 g/mol. The Morgan fingerprint density at radius 1 is 0.909 bits per heavy atom. The molecule has 33 heavy (non-hydrogen) atoms. The first-order valence-corrected chi connectivity index (χ1v) is 11.5. The highest BCUT2D eigenvalue weighted by molar-refractivity contribution is 6.31. The number of carbonyl (C=O) groups excluding carboxylic acids is 1. The van der Waals surface area contributed by atoms with Crippen LogP contribution in [0, 0.1) is 0 Å². The van der Waals surface area contributed by atoms with Crippen LogP contribution in [0.5, 0.6) is 0 Å². The van der Waals surface area contributed by atoms with Crippen LogP contribution in [-0.2, 0) is 13.0 Å². The Bertz CT molecular complexity index is 1500. The maximum Gasteiger partial charge on any atom is 0.263 e. The van der Waals surface area contributed by atoms with E-state index in [1.54, 1.807) is 53.1 Å². The molecule has 2 aromatic heterocycles. The minimum atomic E-state index is -0.599. The van der Waals surface area contributed by atoms with Crippen LogP contribution in [0.15, 0.2) is 58.1 Å². The number of aromatic nitrogens is 3. The van der Waals surface area contributed by atoms with Crippen molar-refractivity contribution in [3.8, 4) is 11.1 Å². The van der Waals surface area contributed by atoms with Gasteiger partial charge in [-0.1, -0.05) is 41.8 Å². The second-order valence-corrected chi connectivity index (χ2v) is 8.94. The molecule has 3 heterocycles. The predicted molar refractivity (Wildman–Crippen MR) is 130 cm³/mol. The van der Waals surface area contributed by atoms with Crippen molar-refractivity contribution in [2.45, 2.75) is 32.2 Å². The lowest BCUT2D eigenvalue weighted by atomic mass is 9.93. The van der Waals surface area contributed by atoms with Crippen LogP contribution in [0.2, 0.25) is 10.0 Å². The summed E-state index contributed by atoms with van der Waals surface area (Å²) >= 11 is 12.1. The average Bonchev–Trinajstić information content (AvgIpc) is 3.05. The van der Waals surface area contributed by atoms with Crippen LogP contribution in [0.3, 0.4) is 0 Å². The summed E-state index contributed by atoms with van der Waals surface area (Å²) < 4.78 is 1.67. The normalized spacial score (nSPS) is 13.5. The molecule has 0 fully saturated rings. The summed E-state index contributed by atoms with van der Waals surface area (Å²) in [6.07, 6.45) is 3.46. The molecule has 0 spiro atoms. The molecule has 1 aliphatic rings. The van der Waals surface area contributed by atoms with Crippen LogP contribution in [0.4, 0.5) is 0 Å². The third kappa shape index (κ3) is 3.90. The predicted octanol–water partition coefficient (Wildman–Crippen LogP) is 5.02. The Morgan fingerprint density at radius 3 is 2.27 bits per heavy atom. The number of H-pyrrole nitrogens is 1. The number of nitrogens with zero attached hydrogens (tertiary/aromatic N) is 2. The van der Waals surface area contributed by atoms with Crippen LogP contribution < -0.4 is 11.1 Å². The molecule has 6 nitrogen and oxygen atoms in total. The number of carbonyl (C=O) groups is 1. The van der Waals surface area contributed by atoms with Gasteiger partial charge in [-0.3, -0.25) is 19.0 Å². The van der Waals surface area contributed by atoms with E-state index in [1.165, 1.54) is 0 Å². The summed E-state index contributed by atoms with van der Waals surface area (Å²) in [7, 11) is 0. The molecule has 1 N–H and O–H groups in total. The molecule has 8 heteroatoms. The smallest absolute Gasteiger partial charge is 0.263 e. The van der Waals surface area contributed by atoms with Crippen molar-refractivity contribution in [3.63, 3.8) is 0 Å². The fourth-order valence-electron chi connectivity index (χ4n) is 4.34. The molecule has 0 bridgehead atoms. The highest BCUT2D eigenvalue weighted by Gasteiger charge is 2.26. The molecule has 166 valence electrons. The van der Waals surface area contributed by atoms with Crippen LogP contribution in [-0.4, -0.2) is 20.3 Å². The first-order chi connectivity index (χ1) is 15.9. The molecule has 5 rings (SSSR count). The quantitative estimate of drug-likeness (QED) is 0.418. The van der Waals surface area contributed by atoms with Gasteiger partial charge in [0.25, 0.3) is 11.1 Å². The van der Waals surface area contributed by atoms with Gasteiger partial charge in [-0.25, -0.2) is 4.98 Å². The summed E-state index contributed by atoms with van der Waals surface area (Å²) in [6, 6.07) is 13.0. The van der Waals surface area contributed by atoms with Gasteiger partial charge in [0.05, 0.1) is 10.9 Å². The van der Waals surface area contributed by atoms with Gasteiger partial charge < -0.3 is 4.98 Å². The number of ketones is 1. The van der Waals surface area contributed by atoms with Crippen molar-refractivity contribution in [3.05, 3.63) is 96.2 Å². The van der Waals surface area contributed by atoms with E-state index >= 15 is 0 Å². The maximum atomic E-state index is 13.7. The molecule has 4 aromatic rings. The van der Waals surface area contributed by atoms with Crippen molar-refractivity contribution in [2.24, 2.45) is 0 Å². The zero-order valence-electron chi connectivity index (χ0n) is 17.5. The molecule has 0 saturated heterocycles. The number of hydrogen-bond donors (Lipinski definition) is 1. The highest BCUT2D eigenvalue weighted by Crippen LogP contribution is 2.30. The molecule has 2 aromatic carbocycles. The Kier molecular flexibility index (Phi) is 5.64. The maximum absolute atomic E-state index is 13.7. The third-order valence-electron chi connectivity index (χ3n) is 5.96. The van der Waals surface area contributed by atoms with Crippen molar-refractivity contribution < 1.29 is 4.79 Å². The second kappa shape index (κ2) is 8.61. The number of benzene rings is 2. The van der Waals surface area contributed by atoms with E-state index in [4.69, 9.17) is 23.2 Å². The van der Waals surface area contributed by atoms with E-state index in [0.717, 1.165) is 19.3 Å². The van der Waals surface area contributed by atoms with Crippen LogP contribution in [0.25, 0.3) is 22.2 Å². The zero-order valence-corrected chi connectivity index (χ0v) is 19.0. The number of fused-ring (bicyclic) bond motifs is 2. The molecule has 0 amide bonds. The minimum absolute atomic E-state index is 0.111. The SMILES string of the molecule is O=C(c1ccc(Cl)cc1)c1c(-c2ccc(Cl)cc2)c2c(=O)n3c(nc2[nH]c1=O)CCCCC3. The molecule has 0 atom stereocenters. The Balaban J connectivity index is 1.88. The number of halogens is 2. The summed E-state index contributed by atoms with van der Waals surface area (Å²) in [5.41, 5.74) is 0.322. The van der Waals surface area contributed by atoms with Gasteiger partial charge in [-0.05, 0) is 54.8 Å². The van der Waals surface area contributed by atoms with E-state index in [1.807, 2.05) is 0 Å². The van der Waals surface area contributed by atoms with Crippen LogP contribution >= 0.6 is 23.2 Å². The standard InChI is InChI=1S/C25H19Cl2N3O3/c26-16-9-5-14(6-10-16)19-20(22(31)15-7-11-17(27)12-8-15)24(32)29-23-21(19)25(33)30-13-3-1-2-4-18(30)28-23/h5-12H,1-4,13H2,(H,29,32). The number of hydrogen-bond acceptors (Lipinski definition) is 4. The van der Waals surface area contributed by atoms with E-state index in [9.17, 15) is 14.4 Å². The molecule has 0 radical (unpaired) electrons. The summed E-state index contributed by atoms with van der Waals surface area (Å²) in [5.74, 6) is 0.151. The number of nitrogens with one attached hydrogen (secondary N) is 1. The molecule has 0 aliphatic carbocycles. The minimum Gasteiger partial charge on any atom is -0.306 e. The third-order valence-corrected chi connectivity index (χ3v) is 6.46. The number of aromatic amines is 1. The lowest BCUT2D eigenvalue weighted by Crippen LogP contribution is -2.29. The van der Waals surface area contributed by atoms with Gasteiger partial charge in [0.1, 0.15) is 11.5 Å². The average molecular weight is 480 g/mol. The lowest BCUT2D eigenvalue weighted by Gasteiger charge is -2.15. The Hall–Kier alpha value is -3.22. The van der Waals surface area contributed by atoms with Crippen molar-refractivity contribution in [1.82, 2.24) is 14.5 Å². The van der Waals surface area contributed by atoms with Gasteiger partial charge >= 0.3 is 0 Å². The van der Waals surface area contributed by atoms with Gasteiger partial charge in [0.15, 0.2) is 5.78 Å². The topological polar surface area (TPSA) is 84.8 Å². The summed E-state index contributed by atoms with van der Waals surface area (Å²) in [6.45, 7) is 0.552. The highest BCUT2D eigenvalue weighted by atomic mass is 35.5. The Labute approximate surface area is 198 Å². The van der Waals surface area contributed by atoms with Crippen molar-refractivity contribution in [2.75, 3.05) is 0 Å². The van der Waals surface area contributed by atoms with E-state index in [0.29, 0.717) is 40.0 Å². The van der Waals surface area contributed by atoms with Crippen molar-refractivity contribution in [1.29, 1.82) is 0 Å². The first-order valence-electron chi connectivity index (χ1n) is 10.7. The molecular weight excluding hydrogens is 461 g/mol. The van der Waals surface area contributed by atoms with E-state index < -0.39 is 11.3 Å². The summed E-state index contributed by atoms with van der Waals surface area (Å²) in [4.78, 5) is 47.8. The van der Waals surface area contributed by atoms with E-state index in [2.05, 4.69) is 9.97 Å². The number of pyridine rings is 1. The molecule has 1 aliphatic heterocycles. The fraction of sp³-hybridized carbons (Fsp3) is 0.200. The second-order valence-electron chi connectivity index (χ2n) is 8.07. The zero-order chi connectivity index (χ0) is 23.1. The van der Waals surface area contributed by atoms with Crippen molar-refractivity contribution >= 4 is 40.0 Å². The van der Waals surface area contributed by atoms with Crippen LogP contribution in [0.1, 0.15) is 41.0 Å². The first kappa shape index (κ1) is 21.6. The molecular formula is C25H19Cl2N3O3. The van der Waals surface area contributed by atoms with E-state index in [-0.39, 0.29) is 27.7 Å². The largest absolute Gasteiger partial charge is 0.306 e. The van der Waals surface area contributed by atoms with Gasteiger partial charge in [0.2, 0.25) is 0 Å². The number of rotatable bonds is 3. The molecule has 0 saturated carbocycles. The summed E-state index contributed by atoms with van der Waals surface area (Å²) in [5, 5.41) is 1.20.